The second-order valence-electron chi connectivity index (χ2n) is 5.99. The van der Waals surface area contributed by atoms with Gasteiger partial charge in [-0.3, -0.25) is 4.98 Å². The summed E-state index contributed by atoms with van der Waals surface area (Å²) in [6.45, 7) is 1.40. The molecule has 128 valence electrons. The van der Waals surface area contributed by atoms with Gasteiger partial charge in [-0.05, 0) is 34.0 Å². The van der Waals surface area contributed by atoms with Crippen LogP contribution in [-0.2, 0) is 24.8 Å². The number of thiophene rings is 1. The molecule has 4 nitrogen and oxygen atoms in total. The van der Waals surface area contributed by atoms with E-state index in [1.54, 1.807) is 11.3 Å². The zero-order valence-electron chi connectivity index (χ0n) is 13.9. The van der Waals surface area contributed by atoms with E-state index < -0.39 is 0 Å². The molecule has 0 spiro atoms. The maximum atomic E-state index is 5.78. The van der Waals surface area contributed by atoms with E-state index in [1.165, 1.54) is 15.8 Å². The number of fused-ring (bicyclic) bond motifs is 3. The van der Waals surface area contributed by atoms with Crippen LogP contribution < -0.4 is 0 Å². The number of benzene rings is 1. The van der Waals surface area contributed by atoms with E-state index in [0.29, 0.717) is 6.61 Å². The molecule has 0 radical (unpaired) electrons. The highest BCUT2D eigenvalue weighted by atomic mass is 79.9. The van der Waals surface area contributed by atoms with Crippen molar-refractivity contribution < 1.29 is 4.74 Å². The van der Waals surface area contributed by atoms with E-state index in [1.807, 2.05) is 24.4 Å². The standard InChI is InChI=1S/C19H18BrN3OS/c1-23-17(8-5-9-24-12-13-6-3-2-4-7-13)22-15-11-21-14-10-16(20)25-19(14)18(15)23/h2-4,6-7,10-11H,5,8-9,12H2,1H3. The van der Waals surface area contributed by atoms with Crippen molar-refractivity contribution in [3.8, 4) is 0 Å². The van der Waals surface area contributed by atoms with Crippen molar-refractivity contribution in [1.82, 2.24) is 14.5 Å². The Bertz CT molecular complexity index is 1010. The molecule has 0 N–H and O–H groups in total. The van der Waals surface area contributed by atoms with Gasteiger partial charge in [-0.15, -0.1) is 11.3 Å². The summed E-state index contributed by atoms with van der Waals surface area (Å²) in [6, 6.07) is 12.3. The van der Waals surface area contributed by atoms with Gasteiger partial charge in [0.25, 0.3) is 0 Å². The van der Waals surface area contributed by atoms with E-state index in [2.05, 4.69) is 50.7 Å². The zero-order chi connectivity index (χ0) is 17.2. The first-order chi connectivity index (χ1) is 12.2. The highest BCUT2D eigenvalue weighted by Crippen LogP contribution is 2.34. The largest absolute Gasteiger partial charge is 0.377 e. The van der Waals surface area contributed by atoms with Crippen LogP contribution in [0.25, 0.3) is 21.3 Å². The van der Waals surface area contributed by atoms with Gasteiger partial charge in [-0.1, -0.05) is 30.3 Å². The van der Waals surface area contributed by atoms with Gasteiger partial charge in [0.15, 0.2) is 0 Å². The lowest BCUT2D eigenvalue weighted by atomic mass is 10.2. The highest BCUT2D eigenvalue weighted by molar-refractivity contribution is 9.11. The number of ether oxygens (including phenoxy) is 1. The van der Waals surface area contributed by atoms with Crippen molar-refractivity contribution in [3.63, 3.8) is 0 Å². The quantitative estimate of drug-likeness (QED) is 0.411. The van der Waals surface area contributed by atoms with Gasteiger partial charge >= 0.3 is 0 Å². The number of aryl methyl sites for hydroxylation is 2. The molecule has 0 saturated heterocycles. The number of aromatic nitrogens is 3. The lowest BCUT2D eigenvalue weighted by molar-refractivity contribution is 0.118. The normalized spacial score (nSPS) is 11.6. The molecule has 0 unspecified atom stereocenters. The number of halogens is 1. The third-order valence-electron chi connectivity index (χ3n) is 4.24. The fraction of sp³-hybridized carbons (Fsp3) is 0.263. The predicted molar refractivity (Wildman–Crippen MR) is 106 cm³/mol. The molecule has 0 amide bonds. The van der Waals surface area contributed by atoms with Crippen molar-refractivity contribution in [1.29, 1.82) is 0 Å². The van der Waals surface area contributed by atoms with Gasteiger partial charge in [-0.2, -0.15) is 0 Å². The Hall–Kier alpha value is -1.76. The second-order valence-corrected chi connectivity index (χ2v) is 8.42. The molecule has 25 heavy (non-hydrogen) atoms. The summed E-state index contributed by atoms with van der Waals surface area (Å²) in [6.07, 6.45) is 3.72. The first kappa shape index (κ1) is 16.7. The van der Waals surface area contributed by atoms with Gasteiger partial charge in [0.1, 0.15) is 11.3 Å². The highest BCUT2D eigenvalue weighted by Gasteiger charge is 2.13. The van der Waals surface area contributed by atoms with Gasteiger partial charge < -0.3 is 9.30 Å². The molecule has 0 saturated carbocycles. The molecule has 0 bridgehead atoms. The molecule has 4 aromatic rings. The van der Waals surface area contributed by atoms with Crippen LogP contribution in [0.5, 0.6) is 0 Å². The van der Waals surface area contributed by atoms with Crippen molar-refractivity contribution >= 4 is 48.5 Å². The van der Waals surface area contributed by atoms with Gasteiger partial charge in [-0.25, -0.2) is 4.98 Å². The number of imidazole rings is 1. The molecular weight excluding hydrogens is 398 g/mol. The van der Waals surface area contributed by atoms with Crippen LogP contribution in [0.15, 0.2) is 46.4 Å². The minimum absolute atomic E-state index is 0.664. The van der Waals surface area contributed by atoms with Crippen LogP contribution >= 0.6 is 27.3 Å². The van der Waals surface area contributed by atoms with E-state index >= 15 is 0 Å². The maximum Gasteiger partial charge on any atom is 0.109 e. The van der Waals surface area contributed by atoms with Crippen LogP contribution in [0, 0.1) is 0 Å². The minimum Gasteiger partial charge on any atom is -0.377 e. The fourth-order valence-electron chi connectivity index (χ4n) is 3.00. The Balaban J connectivity index is 1.43. The molecule has 0 atom stereocenters. The summed E-state index contributed by atoms with van der Waals surface area (Å²) in [4.78, 5) is 9.27. The molecule has 1 aromatic carbocycles. The molecule has 6 heteroatoms. The fourth-order valence-corrected chi connectivity index (χ4v) is 4.62. The smallest absolute Gasteiger partial charge is 0.109 e. The molecule has 0 aliphatic rings. The van der Waals surface area contributed by atoms with Crippen molar-refractivity contribution in [2.75, 3.05) is 6.61 Å². The first-order valence-electron chi connectivity index (χ1n) is 8.23. The first-order valence-corrected chi connectivity index (χ1v) is 9.84. The zero-order valence-corrected chi connectivity index (χ0v) is 16.3. The molecule has 0 aliphatic heterocycles. The molecule has 0 aliphatic carbocycles. The minimum atomic E-state index is 0.664. The van der Waals surface area contributed by atoms with E-state index in [9.17, 15) is 0 Å². The van der Waals surface area contributed by atoms with Crippen LogP contribution in [-0.4, -0.2) is 21.1 Å². The van der Waals surface area contributed by atoms with Crippen LogP contribution in [0.1, 0.15) is 17.8 Å². The number of hydrogen-bond acceptors (Lipinski definition) is 4. The molecule has 4 rings (SSSR count). The topological polar surface area (TPSA) is 39.9 Å². The molecule has 0 fully saturated rings. The molecular formula is C19H18BrN3OS. The van der Waals surface area contributed by atoms with Crippen molar-refractivity contribution in [2.45, 2.75) is 19.4 Å². The SMILES string of the molecule is Cn1c(CCCOCc2ccccc2)nc2cnc3cc(Br)sc3c21. The third-order valence-corrected chi connectivity index (χ3v) is 5.87. The second kappa shape index (κ2) is 7.23. The third kappa shape index (κ3) is 3.47. The van der Waals surface area contributed by atoms with E-state index in [4.69, 9.17) is 9.72 Å². The number of nitrogens with zero attached hydrogens (tertiary/aromatic N) is 3. The van der Waals surface area contributed by atoms with Crippen molar-refractivity contribution in [3.05, 3.63) is 57.8 Å². The number of hydrogen-bond donors (Lipinski definition) is 0. The Kier molecular flexibility index (Phi) is 4.83. The average molecular weight is 416 g/mol. The number of rotatable bonds is 6. The van der Waals surface area contributed by atoms with Gasteiger partial charge in [0.2, 0.25) is 0 Å². The predicted octanol–water partition coefficient (Wildman–Crippen LogP) is 5.09. The summed E-state index contributed by atoms with van der Waals surface area (Å²) in [5.74, 6) is 1.08. The summed E-state index contributed by atoms with van der Waals surface area (Å²) >= 11 is 5.26. The van der Waals surface area contributed by atoms with E-state index in [0.717, 1.165) is 40.1 Å². The van der Waals surface area contributed by atoms with Crippen LogP contribution in [0.3, 0.4) is 0 Å². The lowest BCUT2D eigenvalue weighted by Crippen LogP contribution is -2.02. The average Bonchev–Trinajstić information content (AvgIpc) is 3.15. The summed E-state index contributed by atoms with van der Waals surface area (Å²) in [7, 11) is 2.09. The summed E-state index contributed by atoms with van der Waals surface area (Å²) in [5.41, 5.74) is 4.36. The Morgan fingerprint density at radius 3 is 2.88 bits per heavy atom. The monoisotopic (exact) mass is 415 g/mol. The summed E-state index contributed by atoms with van der Waals surface area (Å²) in [5, 5.41) is 0. The van der Waals surface area contributed by atoms with Crippen LogP contribution in [0.2, 0.25) is 0 Å². The lowest BCUT2D eigenvalue weighted by Gasteiger charge is -2.05. The van der Waals surface area contributed by atoms with E-state index in [-0.39, 0.29) is 0 Å². The Labute approximate surface area is 158 Å². The molecule has 3 aromatic heterocycles. The summed E-state index contributed by atoms with van der Waals surface area (Å²) < 4.78 is 10.3. The maximum absolute atomic E-state index is 5.78. The van der Waals surface area contributed by atoms with Gasteiger partial charge in [0.05, 0.1) is 32.3 Å². The molecule has 3 heterocycles. The Morgan fingerprint density at radius 2 is 2.04 bits per heavy atom. The van der Waals surface area contributed by atoms with Crippen molar-refractivity contribution in [2.24, 2.45) is 7.05 Å². The Morgan fingerprint density at radius 1 is 1.20 bits per heavy atom. The van der Waals surface area contributed by atoms with Crippen LogP contribution in [0.4, 0.5) is 0 Å². The number of pyridine rings is 1. The van der Waals surface area contributed by atoms with Gasteiger partial charge in [0, 0.05) is 20.1 Å².